The summed E-state index contributed by atoms with van der Waals surface area (Å²) in [6.45, 7) is 4.07. The summed E-state index contributed by atoms with van der Waals surface area (Å²) in [5.41, 5.74) is 7.04. The molecule has 21 heavy (non-hydrogen) atoms. The molecule has 3 nitrogen and oxygen atoms in total. The van der Waals surface area contributed by atoms with Crippen molar-refractivity contribution in [3.8, 4) is 0 Å². The van der Waals surface area contributed by atoms with Gasteiger partial charge < -0.3 is 5.32 Å². The molecule has 0 radical (unpaired) electrons. The van der Waals surface area contributed by atoms with E-state index >= 15 is 0 Å². The minimum Gasteiger partial charge on any atom is -0.331 e. The molecule has 0 atom stereocenters. The van der Waals surface area contributed by atoms with Gasteiger partial charge in [-0.3, -0.25) is 5.43 Å². The van der Waals surface area contributed by atoms with Crippen LogP contribution in [0.25, 0.3) is 0 Å². The molecule has 0 saturated carbocycles. The fourth-order valence-electron chi connectivity index (χ4n) is 1.87. The molecule has 0 aliphatic rings. The van der Waals surface area contributed by atoms with E-state index in [1.54, 1.807) is 6.21 Å². The van der Waals surface area contributed by atoms with E-state index in [1.165, 1.54) is 0 Å². The molecule has 0 saturated heterocycles. The van der Waals surface area contributed by atoms with Crippen LogP contribution >= 0.6 is 23.8 Å². The molecule has 0 aromatic heterocycles. The van der Waals surface area contributed by atoms with Crippen LogP contribution in [0, 0.1) is 13.8 Å². The largest absolute Gasteiger partial charge is 0.331 e. The lowest BCUT2D eigenvalue weighted by Crippen LogP contribution is -2.24. The third kappa shape index (κ3) is 4.55. The molecule has 0 fully saturated rings. The number of nitrogens with one attached hydrogen (secondary N) is 2. The van der Waals surface area contributed by atoms with Gasteiger partial charge in [0.25, 0.3) is 0 Å². The molecule has 0 amide bonds. The summed E-state index contributed by atoms with van der Waals surface area (Å²) in [6.07, 6.45) is 1.69. The maximum Gasteiger partial charge on any atom is 0.191 e. The molecule has 108 valence electrons. The van der Waals surface area contributed by atoms with Gasteiger partial charge in [-0.25, -0.2) is 0 Å². The Morgan fingerprint density at radius 2 is 1.71 bits per heavy atom. The molecule has 2 aromatic rings. The second-order valence-electron chi connectivity index (χ2n) is 4.64. The van der Waals surface area contributed by atoms with Crippen LogP contribution in [0.15, 0.2) is 47.6 Å². The highest BCUT2D eigenvalue weighted by Crippen LogP contribution is 2.19. The molecule has 0 unspecified atom stereocenters. The number of rotatable bonds is 3. The Bertz CT molecular complexity index is 645. The van der Waals surface area contributed by atoms with E-state index in [2.05, 4.69) is 15.8 Å². The summed E-state index contributed by atoms with van der Waals surface area (Å²) < 4.78 is 0. The maximum absolute atomic E-state index is 5.83. The molecule has 0 bridgehead atoms. The predicted molar refractivity (Wildman–Crippen MR) is 94.3 cm³/mol. The van der Waals surface area contributed by atoms with Crippen LogP contribution in [-0.2, 0) is 0 Å². The van der Waals surface area contributed by atoms with Gasteiger partial charge in [-0.15, -0.1) is 0 Å². The number of nitrogens with zero attached hydrogens (tertiary/aromatic N) is 1. The smallest absolute Gasteiger partial charge is 0.191 e. The number of aryl methyl sites for hydroxylation is 2. The van der Waals surface area contributed by atoms with Gasteiger partial charge in [-0.1, -0.05) is 41.9 Å². The number of hydrogen-bond donors (Lipinski definition) is 2. The average molecular weight is 318 g/mol. The molecular weight excluding hydrogens is 302 g/mol. The van der Waals surface area contributed by atoms with E-state index in [-0.39, 0.29) is 0 Å². The monoisotopic (exact) mass is 317 g/mol. The van der Waals surface area contributed by atoms with Crippen LogP contribution in [-0.4, -0.2) is 11.3 Å². The molecule has 5 heteroatoms. The van der Waals surface area contributed by atoms with Crippen molar-refractivity contribution in [2.24, 2.45) is 5.10 Å². The summed E-state index contributed by atoms with van der Waals surface area (Å²) in [5, 5.41) is 8.42. The first-order valence-corrected chi connectivity index (χ1v) is 7.27. The van der Waals surface area contributed by atoms with Crippen LogP contribution in [0.5, 0.6) is 0 Å². The van der Waals surface area contributed by atoms with E-state index in [9.17, 15) is 0 Å². The summed E-state index contributed by atoms with van der Waals surface area (Å²) in [6, 6.07) is 13.5. The van der Waals surface area contributed by atoms with E-state index in [0.29, 0.717) is 10.1 Å². The minimum absolute atomic E-state index is 0.456. The Morgan fingerprint density at radius 1 is 1.10 bits per heavy atom. The highest BCUT2D eigenvalue weighted by Gasteiger charge is 2.03. The minimum atomic E-state index is 0.456. The zero-order chi connectivity index (χ0) is 15.2. The second kappa shape index (κ2) is 7.20. The van der Waals surface area contributed by atoms with Gasteiger partial charge in [0.15, 0.2) is 5.11 Å². The summed E-state index contributed by atoms with van der Waals surface area (Å²) in [5.74, 6) is 0. The SMILES string of the molecule is Cc1cccc(C)c1NC(=S)N/N=C/c1ccc(Cl)cc1. The van der Waals surface area contributed by atoms with Crippen molar-refractivity contribution in [2.75, 3.05) is 5.32 Å². The first-order valence-electron chi connectivity index (χ1n) is 6.48. The Balaban J connectivity index is 1.95. The molecular formula is C16H16ClN3S. The van der Waals surface area contributed by atoms with Crippen LogP contribution in [0.3, 0.4) is 0 Å². The molecule has 2 N–H and O–H groups in total. The van der Waals surface area contributed by atoms with E-state index < -0.39 is 0 Å². The Hall–Kier alpha value is -1.91. The number of para-hydroxylation sites is 1. The van der Waals surface area contributed by atoms with Crippen molar-refractivity contribution >= 4 is 40.8 Å². The summed E-state index contributed by atoms with van der Waals surface area (Å²) in [4.78, 5) is 0. The highest BCUT2D eigenvalue weighted by molar-refractivity contribution is 7.80. The topological polar surface area (TPSA) is 36.4 Å². The van der Waals surface area contributed by atoms with Gasteiger partial charge in [0.05, 0.1) is 6.21 Å². The van der Waals surface area contributed by atoms with Gasteiger partial charge in [-0.2, -0.15) is 5.10 Å². The van der Waals surface area contributed by atoms with Crippen molar-refractivity contribution in [3.63, 3.8) is 0 Å². The number of benzene rings is 2. The molecule has 2 rings (SSSR count). The van der Waals surface area contributed by atoms with Crippen LogP contribution in [0.2, 0.25) is 5.02 Å². The lowest BCUT2D eigenvalue weighted by molar-refractivity contribution is 1.05. The fraction of sp³-hybridized carbons (Fsp3) is 0.125. The van der Waals surface area contributed by atoms with E-state index in [4.69, 9.17) is 23.8 Å². The number of anilines is 1. The fourth-order valence-corrected chi connectivity index (χ4v) is 2.15. The first kappa shape index (κ1) is 15.5. The zero-order valence-electron chi connectivity index (χ0n) is 11.9. The van der Waals surface area contributed by atoms with Crippen molar-refractivity contribution in [2.45, 2.75) is 13.8 Å². The van der Waals surface area contributed by atoms with Gasteiger partial charge in [0.1, 0.15) is 0 Å². The molecule has 0 aliphatic carbocycles. The molecule has 0 heterocycles. The third-order valence-electron chi connectivity index (χ3n) is 2.97. The predicted octanol–water partition coefficient (Wildman–Crippen LogP) is 4.28. The Kier molecular flexibility index (Phi) is 5.31. The zero-order valence-corrected chi connectivity index (χ0v) is 13.4. The summed E-state index contributed by atoms with van der Waals surface area (Å²) in [7, 11) is 0. The lowest BCUT2D eigenvalue weighted by Gasteiger charge is -2.12. The number of halogens is 1. The van der Waals surface area contributed by atoms with E-state index in [0.717, 1.165) is 22.4 Å². The van der Waals surface area contributed by atoms with Gasteiger partial charge in [-0.05, 0) is 54.9 Å². The van der Waals surface area contributed by atoms with Crippen molar-refractivity contribution in [1.29, 1.82) is 0 Å². The number of hydrogen-bond acceptors (Lipinski definition) is 2. The molecule has 0 aliphatic heterocycles. The van der Waals surface area contributed by atoms with E-state index in [1.807, 2.05) is 56.3 Å². The quantitative estimate of drug-likeness (QED) is 0.504. The van der Waals surface area contributed by atoms with Crippen molar-refractivity contribution in [3.05, 3.63) is 64.2 Å². The average Bonchev–Trinajstić information content (AvgIpc) is 2.45. The van der Waals surface area contributed by atoms with Crippen LogP contribution < -0.4 is 10.7 Å². The Labute approximate surface area is 135 Å². The third-order valence-corrected chi connectivity index (χ3v) is 3.41. The molecule has 0 spiro atoms. The number of thiocarbonyl (C=S) groups is 1. The lowest BCUT2D eigenvalue weighted by atomic mass is 10.1. The summed E-state index contributed by atoms with van der Waals surface area (Å²) >= 11 is 11.1. The van der Waals surface area contributed by atoms with Gasteiger partial charge in [0, 0.05) is 10.7 Å². The van der Waals surface area contributed by atoms with Crippen LogP contribution in [0.1, 0.15) is 16.7 Å². The standard InChI is InChI=1S/C16H16ClN3S/c1-11-4-3-5-12(2)15(11)19-16(21)20-18-10-13-6-8-14(17)9-7-13/h3-10H,1-2H3,(H2,19,20,21)/b18-10+. The maximum atomic E-state index is 5.83. The number of hydrazone groups is 1. The Morgan fingerprint density at radius 3 is 2.33 bits per heavy atom. The van der Waals surface area contributed by atoms with Gasteiger partial charge in [0.2, 0.25) is 0 Å². The molecule has 2 aromatic carbocycles. The normalized spacial score (nSPS) is 10.6. The van der Waals surface area contributed by atoms with Crippen molar-refractivity contribution in [1.82, 2.24) is 5.43 Å². The second-order valence-corrected chi connectivity index (χ2v) is 5.49. The first-order chi connectivity index (χ1) is 10.1. The van der Waals surface area contributed by atoms with Crippen LogP contribution in [0.4, 0.5) is 5.69 Å². The van der Waals surface area contributed by atoms with Gasteiger partial charge >= 0.3 is 0 Å². The van der Waals surface area contributed by atoms with Crippen molar-refractivity contribution < 1.29 is 0 Å². The highest BCUT2D eigenvalue weighted by atomic mass is 35.5.